The maximum atomic E-state index is 12.1. The second-order valence-electron chi connectivity index (χ2n) is 5.52. The van der Waals surface area contributed by atoms with Gasteiger partial charge >= 0.3 is 5.97 Å². The molecule has 138 valence electrons. The first-order valence-corrected chi connectivity index (χ1v) is 10.4. The van der Waals surface area contributed by atoms with Gasteiger partial charge < -0.3 is 10.1 Å². The highest BCUT2D eigenvalue weighted by molar-refractivity contribution is 9.10. The van der Waals surface area contributed by atoms with Crippen LogP contribution in [0.4, 0.5) is 5.69 Å². The van der Waals surface area contributed by atoms with Crippen molar-refractivity contribution in [3.63, 3.8) is 0 Å². The van der Waals surface area contributed by atoms with Crippen LogP contribution in [0.3, 0.4) is 0 Å². The number of nitrogens with one attached hydrogen (secondary N) is 1. The zero-order valence-electron chi connectivity index (χ0n) is 13.9. The number of carbonyl (C=O) groups is 2. The van der Waals surface area contributed by atoms with E-state index >= 15 is 0 Å². The number of halogens is 2. The van der Waals surface area contributed by atoms with Crippen LogP contribution < -0.4 is 5.32 Å². The summed E-state index contributed by atoms with van der Waals surface area (Å²) in [5.41, 5.74) is 1.43. The summed E-state index contributed by atoms with van der Waals surface area (Å²) in [5, 5.41) is 2.63. The summed E-state index contributed by atoms with van der Waals surface area (Å²) in [7, 11) is -3.51. The Balaban J connectivity index is 2.05. The molecule has 2 aromatic rings. The third-order valence-corrected chi connectivity index (χ3v) is 5.41. The number of rotatable bonds is 5. The standard InChI is InChI=1S/C17H15BrClNO5S/c1-10-3-6-15(13(18)7-10)20-16(21)9-25-17(22)12-8-11(26(2,23)24)4-5-14(12)19/h3-8H,9H2,1-2H3,(H,20,21). The van der Waals surface area contributed by atoms with Gasteiger partial charge in [0.15, 0.2) is 16.4 Å². The fourth-order valence-electron chi connectivity index (χ4n) is 2.01. The van der Waals surface area contributed by atoms with Crippen molar-refractivity contribution < 1.29 is 22.7 Å². The largest absolute Gasteiger partial charge is 0.452 e. The van der Waals surface area contributed by atoms with Crippen LogP contribution >= 0.6 is 27.5 Å². The molecule has 0 radical (unpaired) electrons. The van der Waals surface area contributed by atoms with Gasteiger partial charge in [0.05, 0.1) is 21.2 Å². The van der Waals surface area contributed by atoms with E-state index in [9.17, 15) is 18.0 Å². The molecule has 1 N–H and O–H groups in total. The van der Waals surface area contributed by atoms with Crippen LogP contribution in [0.25, 0.3) is 0 Å². The highest BCUT2D eigenvalue weighted by Gasteiger charge is 2.18. The Morgan fingerprint density at radius 3 is 2.50 bits per heavy atom. The van der Waals surface area contributed by atoms with Crippen molar-refractivity contribution in [2.45, 2.75) is 11.8 Å². The van der Waals surface area contributed by atoms with Crippen molar-refractivity contribution in [3.8, 4) is 0 Å². The predicted molar refractivity (Wildman–Crippen MR) is 102 cm³/mol. The lowest BCUT2D eigenvalue weighted by atomic mass is 10.2. The molecule has 0 fully saturated rings. The zero-order chi connectivity index (χ0) is 19.5. The highest BCUT2D eigenvalue weighted by atomic mass is 79.9. The maximum absolute atomic E-state index is 12.1. The van der Waals surface area contributed by atoms with Crippen molar-refractivity contribution >= 4 is 54.9 Å². The highest BCUT2D eigenvalue weighted by Crippen LogP contribution is 2.24. The van der Waals surface area contributed by atoms with Gasteiger partial charge in [-0.25, -0.2) is 13.2 Å². The van der Waals surface area contributed by atoms with Gasteiger partial charge in [0.25, 0.3) is 5.91 Å². The van der Waals surface area contributed by atoms with Gasteiger partial charge in [-0.05, 0) is 58.7 Å². The van der Waals surface area contributed by atoms with Crippen LogP contribution in [0.5, 0.6) is 0 Å². The van der Waals surface area contributed by atoms with Crippen LogP contribution in [0.1, 0.15) is 15.9 Å². The smallest absolute Gasteiger partial charge is 0.340 e. The topological polar surface area (TPSA) is 89.5 Å². The summed E-state index contributed by atoms with van der Waals surface area (Å²) in [6.07, 6.45) is 1.01. The first kappa shape index (κ1) is 20.4. The third-order valence-electron chi connectivity index (χ3n) is 3.32. The number of carbonyl (C=O) groups excluding carboxylic acids is 2. The molecule has 0 unspecified atom stereocenters. The molecule has 0 heterocycles. The predicted octanol–water partition coefficient (Wildman–Crippen LogP) is 3.61. The number of ether oxygens (including phenoxy) is 1. The van der Waals surface area contributed by atoms with Crippen molar-refractivity contribution in [3.05, 3.63) is 57.0 Å². The molecule has 1 amide bonds. The van der Waals surface area contributed by atoms with E-state index in [-0.39, 0.29) is 15.5 Å². The lowest BCUT2D eigenvalue weighted by Gasteiger charge is -2.10. The number of hydrogen-bond acceptors (Lipinski definition) is 5. The summed E-state index contributed by atoms with van der Waals surface area (Å²) in [4.78, 5) is 24.0. The lowest BCUT2D eigenvalue weighted by molar-refractivity contribution is -0.119. The minimum Gasteiger partial charge on any atom is -0.452 e. The average molecular weight is 461 g/mol. The van der Waals surface area contributed by atoms with Crippen molar-refractivity contribution in [2.24, 2.45) is 0 Å². The summed E-state index contributed by atoms with van der Waals surface area (Å²) < 4.78 is 28.8. The normalized spacial score (nSPS) is 11.1. The molecule has 0 saturated carbocycles. The van der Waals surface area contributed by atoms with Gasteiger partial charge in [-0.1, -0.05) is 17.7 Å². The Morgan fingerprint density at radius 2 is 1.88 bits per heavy atom. The molecule has 0 aliphatic heterocycles. The Labute approximate surface area is 164 Å². The van der Waals surface area contributed by atoms with Crippen molar-refractivity contribution in [2.75, 3.05) is 18.2 Å². The molecule has 0 atom stereocenters. The van der Waals surface area contributed by atoms with Crippen LogP contribution in [0.2, 0.25) is 5.02 Å². The van der Waals surface area contributed by atoms with Crippen LogP contribution in [0.15, 0.2) is 45.8 Å². The molecule has 0 bridgehead atoms. The van der Waals surface area contributed by atoms with Gasteiger partial charge in [0.1, 0.15) is 0 Å². The molecule has 0 spiro atoms. The molecular weight excluding hydrogens is 446 g/mol. The average Bonchev–Trinajstić information content (AvgIpc) is 2.54. The molecule has 2 aromatic carbocycles. The van der Waals surface area contributed by atoms with Gasteiger partial charge in [0, 0.05) is 10.7 Å². The zero-order valence-corrected chi connectivity index (χ0v) is 17.0. The van der Waals surface area contributed by atoms with Crippen molar-refractivity contribution in [1.29, 1.82) is 0 Å². The van der Waals surface area contributed by atoms with Crippen molar-refractivity contribution in [1.82, 2.24) is 0 Å². The second kappa shape index (κ2) is 8.20. The molecule has 0 aromatic heterocycles. The van der Waals surface area contributed by atoms with Crippen LogP contribution in [-0.2, 0) is 19.4 Å². The first-order chi connectivity index (χ1) is 12.1. The minimum absolute atomic E-state index is 0.0316. The van der Waals surface area contributed by atoms with E-state index < -0.39 is 28.3 Å². The van der Waals surface area contributed by atoms with E-state index in [4.69, 9.17) is 16.3 Å². The summed E-state index contributed by atoms with van der Waals surface area (Å²) >= 11 is 9.25. The van der Waals surface area contributed by atoms with E-state index in [2.05, 4.69) is 21.2 Å². The summed E-state index contributed by atoms with van der Waals surface area (Å²) in [5.74, 6) is -1.43. The molecule has 0 aliphatic rings. The molecule has 0 aliphatic carbocycles. The number of esters is 1. The maximum Gasteiger partial charge on any atom is 0.340 e. The number of amides is 1. The SMILES string of the molecule is Cc1ccc(NC(=O)COC(=O)c2cc(S(C)(=O)=O)ccc2Cl)c(Br)c1. The number of sulfone groups is 1. The van der Waals surface area contributed by atoms with E-state index in [0.29, 0.717) is 10.2 Å². The summed E-state index contributed by atoms with van der Waals surface area (Å²) in [6.45, 7) is 1.37. The number of anilines is 1. The molecular formula is C17H15BrClNO5S. The van der Waals surface area contributed by atoms with E-state index in [1.165, 1.54) is 12.1 Å². The van der Waals surface area contributed by atoms with E-state index in [1.54, 1.807) is 6.07 Å². The third kappa shape index (κ3) is 5.30. The summed E-state index contributed by atoms with van der Waals surface area (Å²) in [6, 6.07) is 9.06. The quantitative estimate of drug-likeness (QED) is 0.689. The molecule has 26 heavy (non-hydrogen) atoms. The number of hydrogen-bond donors (Lipinski definition) is 1. The fourth-order valence-corrected chi connectivity index (χ4v) is 3.44. The van der Waals surface area contributed by atoms with Crippen LogP contribution in [0, 0.1) is 6.92 Å². The minimum atomic E-state index is -3.51. The second-order valence-corrected chi connectivity index (χ2v) is 8.80. The lowest BCUT2D eigenvalue weighted by Crippen LogP contribution is -2.21. The number of aryl methyl sites for hydroxylation is 1. The molecule has 2 rings (SSSR count). The Kier molecular flexibility index (Phi) is 6.44. The van der Waals surface area contributed by atoms with E-state index in [0.717, 1.165) is 17.9 Å². The Bertz CT molecular complexity index is 975. The van der Waals surface area contributed by atoms with E-state index in [1.807, 2.05) is 19.1 Å². The van der Waals surface area contributed by atoms with Crippen LogP contribution in [-0.4, -0.2) is 33.2 Å². The van der Waals surface area contributed by atoms with Gasteiger partial charge in [-0.15, -0.1) is 0 Å². The van der Waals surface area contributed by atoms with Gasteiger partial charge in [-0.3, -0.25) is 4.79 Å². The first-order valence-electron chi connectivity index (χ1n) is 7.30. The van der Waals surface area contributed by atoms with Gasteiger partial charge in [0.2, 0.25) is 0 Å². The monoisotopic (exact) mass is 459 g/mol. The molecule has 6 nitrogen and oxygen atoms in total. The fraction of sp³-hybridized carbons (Fsp3) is 0.176. The van der Waals surface area contributed by atoms with Gasteiger partial charge in [-0.2, -0.15) is 0 Å². The Morgan fingerprint density at radius 1 is 1.19 bits per heavy atom. The molecule has 9 heteroatoms. The molecule has 0 saturated heterocycles. The number of benzene rings is 2. The Hall–Kier alpha value is -1.90.